The van der Waals surface area contributed by atoms with Crippen LogP contribution >= 0.6 is 0 Å². The van der Waals surface area contributed by atoms with Gasteiger partial charge in [0.05, 0.1) is 0 Å². The molecule has 1 saturated carbocycles. The number of rotatable bonds is 3. The van der Waals surface area contributed by atoms with Gasteiger partial charge in [-0.1, -0.05) is 32.8 Å². The molecule has 0 saturated heterocycles. The molecule has 1 heterocycles. The average Bonchev–Trinajstić information content (AvgIpc) is 2.29. The minimum atomic E-state index is -0.0262. The second-order valence-electron chi connectivity index (χ2n) is 5.96. The summed E-state index contributed by atoms with van der Waals surface area (Å²) in [5, 5.41) is 0. The van der Waals surface area contributed by atoms with Gasteiger partial charge in [0.1, 0.15) is 0 Å². The zero-order chi connectivity index (χ0) is 12.3. The maximum absolute atomic E-state index is 6.58. The van der Waals surface area contributed by atoms with Crippen LogP contribution in [0.2, 0.25) is 0 Å². The third-order valence-corrected chi connectivity index (χ3v) is 4.12. The van der Waals surface area contributed by atoms with Gasteiger partial charge in [-0.25, -0.2) is 0 Å². The standard InChI is InChI=1S/C15H24N2/c1-12(2)13-6-5-8-15(16,10-13)11-14-7-3-4-9-17-14/h3-4,7,9,12-13H,5-6,8,10-11,16H2,1-2H3. The quantitative estimate of drug-likeness (QED) is 0.869. The zero-order valence-corrected chi connectivity index (χ0v) is 11.0. The van der Waals surface area contributed by atoms with Gasteiger partial charge in [0.2, 0.25) is 0 Å². The molecule has 1 fully saturated rings. The Morgan fingerprint density at radius 3 is 2.94 bits per heavy atom. The van der Waals surface area contributed by atoms with Gasteiger partial charge in [-0.15, -0.1) is 0 Å². The van der Waals surface area contributed by atoms with E-state index in [0.717, 1.165) is 36.8 Å². The topological polar surface area (TPSA) is 38.9 Å². The maximum atomic E-state index is 6.58. The third kappa shape index (κ3) is 3.29. The molecule has 1 aliphatic rings. The molecular formula is C15H24N2. The van der Waals surface area contributed by atoms with Gasteiger partial charge in [-0.05, 0) is 36.8 Å². The van der Waals surface area contributed by atoms with E-state index in [-0.39, 0.29) is 5.54 Å². The lowest BCUT2D eigenvalue weighted by atomic mass is 9.70. The van der Waals surface area contributed by atoms with Crippen molar-refractivity contribution in [3.8, 4) is 0 Å². The molecule has 0 spiro atoms. The zero-order valence-electron chi connectivity index (χ0n) is 11.0. The van der Waals surface area contributed by atoms with Crippen LogP contribution in [0.15, 0.2) is 24.4 Å². The van der Waals surface area contributed by atoms with Crippen molar-refractivity contribution in [3.63, 3.8) is 0 Å². The van der Waals surface area contributed by atoms with Crippen molar-refractivity contribution in [2.75, 3.05) is 0 Å². The molecule has 2 unspecified atom stereocenters. The van der Waals surface area contributed by atoms with Crippen molar-refractivity contribution in [1.29, 1.82) is 0 Å². The second-order valence-corrected chi connectivity index (χ2v) is 5.96. The fraction of sp³-hybridized carbons (Fsp3) is 0.667. The summed E-state index contributed by atoms with van der Waals surface area (Å²) >= 11 is 0. The van der Waals surface area contributed by atoms with Crippen LogP contribution in [0.1, 0.15) is 45.2 Å². The van der Waals surface area contributed by atoms with Gasteiger partial charge in [0.15, 0.2) is 0 Å². The van der Waals surface area contributed by atoms with Crippen LogP contribution in [0.3, 0.4) is 0 Å². The molecule has 0 radical (unpaired) electrons. The van der Waals surface area contributed by atoms with Gasteiger partial charge in [0, 0.05) is 23.9 Å². The number of nitrogens with two attached hydrogens (primary N) is 1. The van der Waals surface area contributed by atoms with Gasteiger partial charge >= 0.3 is 0 Å². The third-order valence-electron chi connectivity index (χ3n) is 4.12. The van der Waals surface area contributed by atoms with Crippen molar-refractivity contribution < 1.29 is 0 Å². The Morgan fingerprint density at radius 1 is 1.47 bits per heavy atom. The van der Waals surface area contributed by atoms with Crippen LogP contribution in [0.4, 0.5) is 0 Å². The van der Waals surface area contributed by atoms with E-state index in [1.165, 1.54) is 12.8 Å². The van der Waals surface area contributed by atoms with Crippen molar-refractivity contribution in [1.82, 2.24) is 4.98 Å². The highest BCUT2D eigenvalue weighted by Gasteiger charge is 2.34. The van der Waals surface area contributed by atoms with E-state index < -0.39 is 0 Å². The predicted molar refractivity (Wildman–Crippen MR) is 71.7 cm³/mol. The molecule has 1 aromatic rings. The summed E-state index contributed by atoms with van der Waals surface area (Å²) in [6.07, 6.45) is 7.71. The van der Waals surface area contributed by atoms with Crippen LogP contribution in [-0.2, 0) is 6.42 Å². The van der Waals surface area contributed by atoms with Crippen LogP contribution in [0.5, 0.6) is 0 Å². The Morgan fingerprint density at radius 2 is 2.29 bits per heavy atom. The number of nitrogens with zero attached hydrogens (tertiary/aromatic N) is 1. The molecular weight excluding hydrogens is 208 g/mol. The molecule has 1 aliphatic carbocycles. The molecule has 2 N–H and O–H groups in total. The van der Waals surface area contributed by atoms with Crippen LogP contribution in [0.25, 0.3) is 0 Å². The summed E-state index contributed by atoms with van der Waals surface area (Å²) in [6, 6.07) is 6.10. The van der Waals surface area contributed by atoms with Gasteiger partial charge in [-0.3, -0.25) is 4.98 Å². The van der Waals surface area contributed by atoms with Crippen LogP contribution in [0, 0.1) is 11.8 Å². The maximum Gasteiger partial charge on any atom is 0.0421 e. The molecule has 1 aromatic heterocycles. The van der Waals surface area contributed by atoms with Crippen molar-refractivity contribution in [2.24, 2.45) is 17.6 Å². The first-order valence-electron chi connectivity index (χ1n) is 6.78. The van der Waals surface area contributed by atoms with E-state index in [1.807, 2.05) is 12.3 Å². The normalized spacial score (nSPS) is 29.5. The molecule has 94 valence electrons. The summed E-state index contributed by atoms with van der Waals surface area (Å²) in [6.45, 7) is 4.63. The summed E-state index contributed by atoms with van der Waals surface area (Å²) in [5.41, 5.74) is 7.69. The number of aromatic nitrogens is 1. The summed E-state index contributed by atoms with van der Waals surface area (Å²) in [5.74, 6) is 1.54. The molecule has 0 aromatic carbocycles. The van der Waals surface area contributed by atoms with Gasteiger partial charge < -0.3 is 5.73 Å². The lowest BCUT2D eigenvalue weighted by Gasteiger charge is -2.39. The SMILES string of the molecule is CC(C)C1CCCC(N)(Cc2ccccn2)C1. The lowest BCUT2D eigenvalue weighted by molar-refractivity contribution is 0.181. The summed E-state index contributed by atoms with van der Waals surface area (Å²) < 4.78 is 0. The Bertz CT molecular complexity index is 347. The monoisotopic (exact) mass is 232 g/mol. The summed E-state index contributed by atoms with van der Waals surface area (Å²) in [4.78, 5) is 4.41. The summed E-state index contributed by atoms with van der Waals surface area (Å²) in [7, 11) is 0. The number of hydrogen-bond acceptors (Lipinski definition) is 2. The van der Waals surface area contributed by atoms with Crippen LogP contribution in [-0.4, -0.2) is 10.5 Å². The number of hydrogen-bond donors (Lipinski definition) is 1. The largest absolute Gasteiger partial charge is 0.325 e. The molecule has 2 heteroatoms. The average molecular weight is 232 g/mol. The van der Waals surface area contributed by atoms with Crippen LogP contribution < -0.4 is 5.73 Å². The molecule has 0 bridgehead atoms. The van der Waals surface area contributed by atoms with Crippen molar-refractivity contribution in [2.45, 2.75) is 51.5 Å². The van der Waals surface area contributed by atoms with E-state index in [4.69, 9.17) is 5.73 Å². The highest BCUT2D eigenvalue weighted by Crippen LogP contribution is 2.36. The first kappa shape index (κ1) is 12.6. The highest BCUT2D eigenvalue weighted by atomic mass is 14.8. The van der Waals surface area contributed by atoms with E-state index in [9.17, 15) is 0 Å². The van der Waals surface area contributed by atoms with Crippen molar-refractivity contribution in [3.05, 3.63) is 30.1 Å². The molecule has 2 rings (SSSR count). The smallest absolute Gasteiger partial charge is 0.0421 e. The number of pyridine rings is 1. The van der Waals surface area contributed by atoms with E-state index in [2.05, 4.69) is 31.0 Å². The Hall–Kier alpha value is -0.890. The van der Waals surface area contributed by atoms with E-state index >= 15 is 0 Å². The minimum Gasteiger partial charge on any atom is -0.325 e. The Kier molecular flexibility index (Phi) is 3.82. The molecule has 0 aliphatic heterocycles. The molecule has 2 atom stereocenters. The first-order valence-corrected chi connectivity index (χ1v) is 6.78. The molecule has 0 amide bonds. The Balaban J connectivity index is 2.03. The highest BCUT2D eigenvalue weighted by molar-refractivity contribution is 5.09. The lowest BCUT2D eigenvalue weighted by Crippen LogP contribution is -2.47. The fourth-order valence-corrected chi connectivity index (χ4v) is 3.04. The van der Waals surface area contributed by atoms with Gasteiger partial charge in [0.25, 0.3) is 0 Å². The molecule has 2 nitrogen and oxygen atoms in total. The minimum absolute atomic E-state index is 0.0262. The Labute approximate surface area is 105 Å². The van der Waals surface area contributed by atoms with Gasteiger partial charge in [-0.2, -0.15) is 0 Å². The fourth-order valence-electron chi connectivity index (χ4n) is 3.04. The second kappa shape index (κ2) is 5.18. The molecule has 17 heavy (non-hydrogen) atoms. The van der Waals surface area contributed by atoms with Crippen molar-refractivity contribution >= 4 is 0 Å². The first-order chi connectivity index (χ1) is 8.09. The predicted octanol–water partition coefficient (Wildman–Crippen LogP) is 3.17. The van der Waals surface area contributed by atoms with E-state index in [0.29, 0.717) is 0 Å². The van der Waals surface area contributed by atoms with E-state index in [1.54, 1.807) is 0 Å².